The van der Waals surface area contributed by atoms with Gasteiger partial charge in [0.2, 0.25) is 0 Å². The lowest BCUT2D eigenvalue weighted by molar-refractivity contribution is -0.141. The Morgan fingerprint density at radius 2 is 2.06 bits per heavy atom. The van der Waals surface area contributed by atoms with Crippen LogP contribution in [0.2, 0.25) is 0 Å². The second kappa shape index (κ2) is 4.31. The Balaban J connectivity index is 1.86. The van der Waals surface area contributed by atoms with E-state index < -0.39 is 12.0 Å². The van der Waals surface area contributed by atoms with Crippen LogP contribution in [0.3, 0.4) is 0 Å². The van der Waals surface area contributed by atoms with Crippen LogP contribution >= 0.6 is 0 Å². The van der Waals surface area contributed by atoms with Gasteiger partial charge in [-0.2, -0.15) is 0 Å². The van der Waals surface area contributed by atoms with Gasteiger partial charge in [0.15, 0.2) is 0 Å². The molecule has 0 spiro atoms. The van der Waals surface area contributed by atoms with Gasteiger partial charge in [0.25, 0.3) is 0 Å². The lowest BCUT2D eigenvalue weighted by Gasteiger charge is -2.35. The Hall–Kier alpha value is -1.26. The number of hydrogen-bond donors (Lipinski definition) is 2. The van der Waals surface area contributed by atoms with Crippen molar-refractivity contribution in [3.05, 3.63) is 0 Å². The van der Waals surface area contributed by atoms with Crippen LogP contribution in [-0.2, 0) is 4.79 Å². The molecule has 1 aliphatic carbocycles. The van der Waals surface area contributed by atoms with Gasteiger partial charge >= 0.3 is 12.0 Å². The Labute approximate surface area is 94.8 Å². The molecule has 1 heterocycles. The van der Waals surface area contributed by atoms with Gasteiger partial charge in [-0.1, -0.05) is 6.92 Å². The first-order valence-electron chi connectivity index (χ1n) is 5.88. The van der Waals surface area contributed by atoms with Crippen LogP contribution in [0.5, 0.6) is 0 Å². The maximum Gasteiger partial charge on any atom is 0.326 e. The van der Waals surface area contributed by atoms with E-state index in [1.54, 1.807) is 0 Å². The van der Waals surface area contributed by atoms with Crippen molar-refractivity contribution in [1.29, 1.82) is 0 Å². The number of aliphatic carboxylic acids is 1. The number of amides is 2. The Bertz CT molecular complexity index is 300. The van der Waals surface area contributed by atoms with Crippen LogP contribution in [0.4, 0.5) is 4.79 Å². The quantitative estimate of drug-likeness (QED) is 0.739. The third-order valence-corrected chi connectivity index (χ3v) is 3.50. The summed E-state index contributed by atoms with van der Waals surface area (Å²) in [6, 6.07) is -0.586. The number of hydrogen-bond acceptors (Lipinski definition) is 2. The molecule has 0 bridgehead atoms. The van der Waals surface area contributed by atoms with Gasteiger partial charge in [0.05, 0.1) is 0 Å². The molecule has 0 radical (unpaired) electrons. The summed E-state index contributed by atoms with van der Waals surface area (Å²) in [6.07, 6.45) is 3.38. The first-order chi connectivity index (χ1) is 7.58. The zero-order chi connectivity index (χ0) is 11.7. The highest BCUT2D eigenvalue weighted by atomic mass is 16.4. The smallest absolute Gasteiger partial charge is 0.326 e. The highest BCUT2D eigenvalue weighted by Crippen LogP contribution is 2.27. The first kappa shape index (κ1) is 11.2. The van der Waals surface area contributed by atoms with E-state index in [0.29, 0.717) is 18.9 Å². The summed E-state index contributed by atoms with van der Waals surface area (Å²) >= 11 is 0. The second-order valence-corrected chi connectivity index (χ2v) is 4.91. The topological polar surface area (TPSA) is 69.6 Å². The fourth-order valence-corrected chi connectivity index (χ4v) is 2.54. The van der Waals surface area contributed by atoms with Crippen molar-refractivity contribution in [2.75, 3.05) is 6.54 Å². The number of rotatable bonds is 2. The molecular weight excluding hydrogens is 208 g/mol. The molecule has 1 atom stereocenters. The molecule has 1 saturated heterocycles. The minimum atomic E-state index is -0.894. The predicted molar refractivity (Wildman–Crippen MR) is 58.1 cm³/mol. The van der Waals surface area contributed by atoms with E-state index in [1.165, 1.54) is 4.90 Å². The normalized spacial score (nSPS) is 33.3. The standard InChI is InChI=1S/C11H18N2O3/c1-7-5-8(6-7)12-11(16)13-4-2-3-9(13)10(14)15/h7-9H,2-6H2,1H3,(H,12,16)(H,14,15)/t7?,8?,9-/m1/s1. The Morgan fingerprint density at radius 1 is 1.38 bits per heavy atom. The summed E-state index contributed by atoms with van der Waals surface area (Å²) in [4.78, 5) is 24.2. The Morgan fingerprint density at radius 3 is 2.62 bits per heavy atom. The number of likely N-dealkylation sites (tertiary alicyclic amines) is 1. The van der Waals surface area contributed by atoms with E-state index in [2.05, 4.69) is 12.2 Å². The monoisotopic (exact) mass is 226 g/mol. The van der Waals surface area contributed by atoms with Crippen molar-refractivity contribution in [2.45, 2.75) is 44.7 Å². The average molecular weight is 226 g/mol. The largest absolute Gasteiger partial charge is 0.480 e. The summed E-state index contributed by atoms with van der Waals surface area (Å²) < 4.78 is 0. The third kappa shape index (κ3) is 2.13. The van der Waals surface area contributed by atoms with Gasteiger partial charge in [-0.05, 0) is 31.6 Å². The number of carbonyl (C=O) groups is 2. The number of urea groups is 1. The highest BCUT2D eigenvalue weighted by molar-refractivity contribution is 5.83. The number of nitrogens with one attached hydrogen (secondary N) is 1. The zero-order valence-corrected chi connectivity index (χ0v) is 9.48. The molecule has 2 amide bonds. The molecule has 0 unspecified atom stereocenters. The molecule has 0 aromatic heterocycles. The molecule has 5 nitrogen and oxygen atoms in total. The van der Waals surface area contributed by atoms with E-state index in [-0.39, 0.29) is 12.1 Å². The molecule has 16 heavy (non-hydrogen) atoms. The van der Waals surface area contributed by atoms with Gasteiger partial charge < -0.3 is 15.3 Å². The SMILES string of the molecule is CC1CC(NC(=O)N2CCC[C@@H]2C(=O)O)C1. The van der Waals surface area contributed by atoms with E-state index in [4.69, 9.17) is 5.11 Å². The van der Waals surface area contributed by atoms with Crippen LogP contribution in [-0.4, -0.2) is 40.6 Å². The van der Waals surface area contributed by atoms with Crippen LogP contribution in [0.25, 0.3) is 0 Å². The fraction of sp³-hybridized carbons (Fsp3) is 0.818. The van der Waals surface area contributed by atoms with Crippen LogP contribution in [0.15, 0.2) is 0 Å². The summed E-state index contributed by atoms with van der Waals surface area (Å²) in [6.45, 7) is 2.71. The average Bonchev–Trinajstić information content (AvgIpc) is 2.63. The van der Waals surface area contributed by atoms with Gasteiger partial charge in [0, 0.05) is 12.6 Å². The maximum atomic E-state index is 11.8. The minimum absolute atomic E-state index is 0.207. The molecule has 1 saturated carbocycles. The molecule has 0 aromatic rings. The summed E-state index contributed by atoms with van der Waals surface area (Å²) in [7, 11) is 0. The van der Waals surface area contributed by atoms with Crippen molar-refractivity contribution >= 4 is 12.0 Å². The summed E-state index contributed by atoms with van der Waals surface area (Å²) in [5.41, 5.74) is 0. The van der Waals surface area contributed by atoms with E-state index >= 15 is 0 Å². The molecule has 2 rings (SSSR count). The number of carboxylic acids is 1. The molecule has 1 aliphatic heterocycles. The van der Waals surface area contributed by atoms with Gasteiger partial charge in [-0.25, -0.2) is 9.59 Å². The van der Waals surface area contributed by atoms with Crippen molar-refractivity contribution in [1.82, 2.24) is 10.2 Å². The second-order valence-electron chi connectivity index (χ2n) is 4.91. The maximum absolute atomic E-state index is 11.8. The van der Waals surface area contributed by atoms with E-state index in [0.717, 1.165) is 19.3 Å². The van der Waals surface area contributed by atoms with Crippen LogP contribution in [0, 0.1) is 5.92 Å². The van der Waals surface area contributed by atoms with Crippen molar-refractivity contribution in [2.24, 2.45) is 5.92 Å². The fourth-order valence-electron chi connectivity index (χ4n) is 2.54. The molecule has 90 valence electrons. The van der Waals surface area contributed by atoms with Crippen molar-refractivity contribution < 1.29 is 14.7 Å². The van der Waals surface area contributed by atoms with E-state index in [9.17, 15) is 9.59 Å². The molecule has 2 N–H and O–H groups in total. The third-order valence-electron chi connectivity index (χ3n) is 3.50. The highest BCUT2D eigenvalue weighted by Gasteiger charge is 2.36. The van der Waals surface area contributed by atoms with Gasteiger partial charge in [-0.3, -0.25) is 0 Å². The lowest BCUT2D eigenvalue weighted by Crippen LogP contribution is -2.52. The summed E-state index contributed by atoms with van der Waals surface area (Å²) in [5, 5.41) is 11.9. The number of carbonyl (C=O) groups excluding carboxylic acids is 1. The molecular formula is C11H18N2O3. The zero-order valence-electron chi connectivity index (χ0n) is 9.48. The van der Waals surface area contributed by atoms with Crippen molar-refractivity contribution in [3.63, 3.8) is 0 Å². The number of nitrogens with zero attached hydrogens (tertiary/aromatic N) is 1. The molecule has 2 fully saturated rings. The van der Waals surface area contributed by atoms with Gasteiger partial charge in [-0.15, -0.1) is 0 Å². The van der Waals surface area contributed by atoms with Gasteiger partial charge in [0.1, 0.15) is 6.04 Å². The molecule has 2 aliphatic rings. The molecule has 5 heteroatoms. The van der Waals surface area contributed by atoms with Crippen molar-refractivity contribution in [3.8, 4) is 0 Å². The van der Waals surface area contributed by atoms with Crippen LogP contribution in [0.1, 0.15) is 32.6 Å². The number of carboxylic acid groups (broad SMARTS) is 1. The van der Waals surface area contributed by atoms with Crippen LogP contribution < -0.4 is 5.32 Å². The lowest BCUT2D eigenvalue weighted by atomic mass is 9.82. The summed E-state index contributed by atoms with van der Waals surface area (Å²) in [5.74, 6) is -0.214. The predicted octanol–water partition coefficient (Wildman–Crippen LogP) is 1.04. The minimum Gasteiger partial charge on any atom is -0.480 e. The first-order valence-corrected chi connectivity index (χ1v) is 5.88. The van der Waals surface area contributed by atoms with E-state index in [1.807, 2.05) is 0 Å². The Kier molecular flexibility index (Phi) is 3.03. The molecule has 0 aromatic carbocycles.